The van der Waals surface area contributed by atoms with Gasteiger partial charge in [0.2, 0.25) is 5.91 Å². The number of primary amides is 1. The first-order valence-electron chi connectivity index (χ1n) is 8.93. The lowest BCUT2D eigenvalue weighted by atomic mass is 9.86. The quantitative estimate of drug-likeness (QED) is 0.725. The van der Waals surface area contributed by atoms with E-state index in [9.17, 15) is 9.59 Å². The molecule has 3 rings (SSSR count). The fourth-order valence-corrected chi connectivity index (χ4v) is 3.82. The zero-order chi connectivity index (χ0) is 18.1. The van der Waals surface area contributed by atoms with E-state index in [1.165, 1.54) is 0 Å². The van der Waals surface area contributed by atoms with E-state index in [1.807, 2.05) is 35.7 Å². The summed E-state index contributed by atoms with van der Waals surface area (Å²) in [6, 6.07) is 1.87. The third-order valence-corrected chi connectivity index (χ3v) is 5.73. The van der Waals surface area contributed by atoms with Crippen LogP contribution in [0.3, 0.4) is 0 Å². The Balaban J connectivity index is 0.00000182. The van der Waals surface area contributed by atoms with Gasteiger partial charge in [0.15, 0.2) is 0 Å². The molecule has 3 N–H and O–H groups in total. The van der Waals surface area contributed by atoms with Crippen LogP contribution >= 0.6 is 24.8 Å². The Morgan fingerprint density at radius 3 is 2.19 bits per heavy atom. The van der Waals surface area contributed by atoms with Crippen molar-refractivity contribution in [1.29, 1.82) is 0 Å². The number of piperidine rings is 1. The predicted molar refractivity (Wildman–Crippen MR) is 108 cm³/mol. The van der Waals surface area contributed by atoms with Crippen molar-refractivity contribution in [3.63, 3.8) is 0 Å². The molecule has 0 aromatic carbocycles. The molecular formula is C17H30Cl2N6O2. The Morgan fingerprint density at radius 2 is 1.70 bits per heavy atom. The van der Waals surface area contributed by atoms with E-state index in [4.69, 9.17) is 5.73 Å². The Labute approximate surface area is 172 Å². The summed E-state index contributed by atoms with van der Waals surface area (Å²) in [5.41, 5.74) is 4.23. The Bertz CT molecular complexity index is 623. The van der Waals surface area contributed by atoms with Crippen LogP contribution in [-0.4, -0.2) is 76.2 Å². The maximum Gasteiger partial charge on any atom is 0.250 e. The molecular weight excluding hydrogens is 391 g/mol. The Kier molecular flexibility index (Phi) is 8.10. The number of hydrogen-bond donors (Lipinski definition) is 2. The van der Waals surface area contributed by atoms with Gasteiger partial charge < -0.3 is 16.0 Å². The summed E-state index contributed by atoms with van der Waals surface area (Å²) in [6.45, 7) is 7.79. The SMILES string of the molecule is CC(C)(C(N)=O)N1CCN(C(=O)C2(n3cccn3)CCNCC2)CC1.Cl.Cl. The zero-order valence-corrected chi connectivity index (χ0v) is 17.5. The summed E-state index contributed by atoms with van der Waals surface area (Å²) in [4.78, 5) is 29.0. The van der Waals surface area contributed by atoms with Crippen LogP contribution in [-0.2, 0) is 15.1 Å². The number of aromatic nitrogens is 2. The van der Waals surface area contributed by atoms with Gasteiger partial charge in [-0.2, -0.15) is 5.10 Å². The highest BCUT2D eigenvalue weighted by Crippen LogP contribution is 2.30. The van der Waals surface area contributed by atoms with Gasteiger partial charge in [-0.05, 0) is 45.8 Å². The molecule has 2 amide bonds. The van der Waals surface area contributed by atoms with E-state index in [-0.39, 0.29) is 36.6 Å². The number of amides is 2. The minimum absolute atomic E-state index is 0. The van der Waals surface area contributed by atoms with Crippen molar-refractivity contribution >= 4 is 36.6 Å². The number of rotatable bonds is 4. The first-order chi connectivity index (χ1) is 11.9. The molecule has 10 heteroatoms. The lowest BCUT2D eigenvalue weighted by Crippen LogP contribution is -2.63. The summed E-state index contributed by atoms with van der Waals surface area (Å²) in [7, 11) is 0. The topological polar surface area (TPSA) is 96.5 Å². The Hall–Kier alpha value is -1.35. The van der Waals surface area contributed by atoms with Gasteiger partial charge in [-0.1, -0.05) is 0 Å². The molecule has 0 saturated carbocycles. The number of halogens is 2. The number of nitrogens with two attached hydrogens (primary N) is 1. The summed E-state index contributed by atoms with van der Waals surface area (Å²) >= 11 is 0. The first kappa shape index (κ1) is 23.7. The normalized spacial score (nSPS) is 20.3. The fourth-order valence-electron chi connectivity index (χ4n) is 3.82. The molecule has 0 spiro atoms. The number of piperazine rings is 1. The number of carbonyl (C=O) groups excluding carboxylic acids is 2. The van der Waals surface area contributed by atoms with Crippen molar-refractivity contribution in [1.82, 2.24) is 24.9 Å². The van der Waals surface area contributed by atoms with Gasteiger partial charge in [0.05, 0.1) is 5.54 Å². The molecule has 2 fully saturated rings. The number of hydrogen-bond acceptors (Lipinski definition) is 5. The van der Waals surface area contributed by atoms with Gasteiger partial charge in [0.25, 0.3) is 5.91 Å². The Morgan fingerprint density at radius 1 is 1.11 bits per heavy atom. The number of carbonyl (C=O) groups is 2. The van der Waals surface area contributed by atoms with Crippen molar-refractivity contribution in [2.75, 3.05) is 39.3 Å². The molecule has 0 aliphatic carbocycles. The van der Waals surface area contributed by atoms with Crippen LogP contribution in [0.1, 0.15) is 26.7 Å². The van der Waals surface area contributed by atoms with Crippen molar-refractivity contribution in [2.45, 2.75) is 37.8 Å². The maximum absolute atomic E-state index is 13.4. The molecule has 1 aromatic heterocycles. The van der Waals surface area contributed by atoms with E-state index in [1.54, 1.807) is 6.20 Å². The molecule has 1 aromatic rings. The van der Waals surface area contributed by atoms with Crippen LogP contribution in [0.4, 0.5) is 0 Å². The van der Waals surface area contributed by atoms with Gasteiger partial charge in [-0.15, -0.1) is 24.8 Å². The largest absolute Gasteiger partial charge is 0.368 e. The van der Waals surface area contributed by atoms with E-state index in [0.29, 0.717) is 26.2 Å². The van der Waals surface area contributed by atoms with Crippen LogP contribution in [0.5, 0.6) is 0 Å². The van der Waals surface area contributed by atoms with Crippen molar-refractivity contribution in [3.8, 4) is 0 Å². The van der Waals surface area contributed by atoms with Crippen LogP contribution in [0, 0.1) is 0 Å². The average molecular weight is 421 g/mol. The van der Waals surface area contributed by atoms with Gasteiger partial charge in [0, 0.05) is 38.6 Å². The lowest BCUT2D eigenvalue weighted by molar-refractivity contribution is -0.146. The van der Waals surface area contributed by atoms with E-state index in [2.05, 4.69) is 15.3 Å². The second kappa shape index (κ2) is 9.23. The molecule has 2 saturated heterocycles. The maximum atomic E-state index is 13.4. The number of nitrogens with zero attached hydrogens (tertiary/aromatic N) is 4. The molecule has 27 heavy (non-hydrogen) atoms. The molecule has 3 heterocycles. The highest BCUT2D eigenvalue weighted by molar-refractivity contribution is 5.86. The standard InChI is InChI=1S/C17H28N6O2.2ClH/c1-16(2,14(18)24)22-12-10-21(11-13-22)15(25)17(4-7-19-8-5-17)23-9-3-6-20-23;;/h3,6,9,19H,4-5,7-8,10-13H2,1-2H3,(H2,18,24);2*1H. The summed E-state index contributed by atoms with van der Waals surface area (Å²) in [6.07, 6.45) is 5.08. The van der Waals surface area contributed by atoms with Crippen LogP contribution in [0.15, 0.2) is 18.5 Å². The third kappa shape index (κ3) is 4.39. The molecule has 8 nitrogen and oxygen atoms in total. The zero-order valence-electron chi connectivity index (χ0n) is 15.9. The molecule has 0 unspecified atom stereocenters. The molecule has 0 radical (unpaired) electrons. The van der Waals surface area contributed by atoms with Crippen LogP contribution in [0.2, 0.25) is 0 Å². The van der Waals surface area contributed by atoms with Crippen molar-refractivity contribution in [2.24, 2.45) is 5.73 Å². The first-order valence-corrected chi connectivity index (χ1v) is 8.93. The minimum atomic E-state index is -0.691. The van der Waals surface area contributed by atoms with Gasteiger partial charge in [-0.3, -0.25) is 19.2 Å². The second-order valence-corrected chi connectivity index (χ2v) is 7.43. The summed E-state index contributed by atoms with van der Waals surface area (Å²) in [5, 5.41) is 7.70. The van der Waals surface area contributed by atoms with E-state index < -0.39 is 11.1 Å². The second-order valence-electron chi connectivity index (χ2n) is 7.43. The molecule has 2 aliphatic rings. The van der Waals surface area contributed by atoms with Crippen molar-refractivity contribution < 1.29 is 9.59 Å². The smallest absolute Gasteiger partial charge is 0.250 e. The molecule has 154 valence electrons. The summed E-state index contributed by atoms with van der Waals surface area (Å²) < 4.78 is 1.83. The highest BCUT2D eigenvalue weighted by atomic mass is 35.5. The lowest BCUT2D eigenvalue weighted by Gasteiger charge is -2.45. The van der Waals surface area contributed by atoms with Gasteiger partial charge in [-0.25, -0.2) is 0 Å². The van der Waals surface area contributed by atoms with E-state index in [0.717, 1.165) is 25.9 Å². The van der Waals surface area contributed by atoms with Gasteiger partial charge in [0.1, 0.15) is 5.54 Å². The van der Waals surface area contributed by atoms with Crippen molar-refractivity contribution in [3.05, 3.63) is 18.5 Å². The molecule has 0 bridgehead atoms. The van der Waals surface area contributed by atoms with Gasteiger partial charge >= 0.3 is 0 Å². The minimum Gasteiger partial charge on any atom is -0.368 e. The average Bonchev–Trinajstić information content (AvgIpc) is 3.17. The van der Waals surface area contributed by atoms with E-state index >= 15 is 0 Å². The summed E-state index contributed by atoms with van der Waals surface area (Å²) in [5.74, 6) is -0.201. The molecule has 2 aliphatic heterocycles. The fraction of sp³-hybridized carbons (Fsp3) is 0.706. The predicted octanol–water partition coefficient (Wildman–Crippen LogP) is 0.214. The monoisotopic (exact) mass is 420 g/mol. The highest BCUT2D eigenvalue weighted by Gasteiger charge is 2.45. The van der Waals surface area contributed by atoms with Crippen LogP contribution in [0.25, 0.3) is 0 Å². The van der Waals surface area contributed by atoms with Crippen LogP contribution < -0.4 is 11.1 Å². The molecule has 0 atom stereocenters. The number of nitrogens with one attached hydrogen (secondary N) is 1. The third-order valence-electron chi connectivity index (χ3n) is 5.73.